The average molecular weight is 480 g/mol. The highest BCUT2D eigenvalue weighted by Gasteiger charge is 2.42. The summed E-state index contributed by atoms with van der Waals surface area (Å²) in [5.74, 6) is 2.01. The van der Waals surface area contributed by atoms with Gasteiger partial charge in [-0.25, -0.2) is 0 Å². The zero-order valence-corrected chi connectivity index (χ0v) is 22.6. The third kappa shape index (κ3) is 5.28. The van der Waals surface area contributed by atoms with Crippen LogP contribution >= 0.6 is 0 Å². The van der Waals surface area contributed by atoms with Crippen LogP contribution in [-0.4, -0.2) is 64.3 Å². The summed E-state index contributed by atoms with van der Waals surface area (Å²) >= 11 is 0. The SMILES string of the molecule is C=CC1CN2CCC1CC2[C@@H](O)c1ccnc2ccc(OC)cc12.CN1C(C)(C)CCCC1(C)C. The Morgan fingerprint density at radius 2 is 1.89 bits per heavy atom. The second-order valence-electron chi connectivity index (χ2n) is 12.0. The summed E-state index contributed by atoms with van der Waals surface area (Å²) in [5.41, 5.74) is 2.66. The van der Waals surface area contributed by atoms with Gasteiger partial charge in [-0.15, -0.1) is 6.58 Å². The molecule has 1 aromatic heterocycles. The first-order valence-electron chi connectivity index (χ1n) is 13.3. The maximum Gasteiger partial charge on any atom is 0.119 e. The molecule has 4 aliphatic rings. The molecule has 5 atom stereocenters. The Morgan fingerprint density at radius 1 is 1.17 bits per heavy atom. The van der Waals surface area contributed by atoms with Gasteiger partial charge in [0.25, 0.3) is 0 Å². The number of hydrogen-bond donors (Lipinski definition) is 1. The summed E-state index contributed by atoms with van der Waals surface area (Å²) in [5, 5.41) is 12.1. The number of nitrogens with zero attached hydrogens (tertiary/aromatic N) is 3. The standard InChI is InChI=1S/C20H24N2O2.C10H21N/c1-3-13-12-22-9-7-14(13)10-19(22)20(23)16-6-8-21-18-5-4-15(24-2)11-17(16)18;1-9(2)7-6-8-10(3,4)11(9)5/h3-6,8,11,13-14,19-20,23H,1,7,9-10,12H2,2H3;6-8H2,1-5H3/t13?,14?,19?,20-;/m0./s1. The second kappa shape index (κ2) is 10.2. The first kappa shape index (κ1) is 26.1. The molecule has 5 heteroatoms. The van der Waals surface area contributed by atoms with E-state index in [2.05, 4.69) is 62.2 Å². The van der Waals surface area contributed by atoms with Crippen molar-refractivity contribution < 1.29 is 9.84 Å². The molecule has 2 aromatic rings. The molecule has 6 rings (SSSR count). The summed E-state index contributed by atoms with van der Waals surface area (Å²) in [7, 11) is 3.91. The molecule has 5 nitrogen and oxygen atoms in total. The van der Waals surface area contributed by atoms with Gasteiger partial charge in [-0.1, -0.05) is 6.08 Å². The number of aliphatic hydroxyl groups is 1. The normalized spacial score (nSPS) is 30.3. The van der Waals surface area contributed by atoms with Crippen molar-refractivity contribution in [1.29, 1.82) is 0 Å². The Balaban J connectivity index is 0.000000221. The zero-order valence-electron chi connectivity index (χ0n) is 22.6. The van der Waals surface area contributed by atoms with Gasteiger partial charge in [0.1, 0.15) is 5.75 Å². The van der Waals surface area contributed by atoms with Gasteiger partial charge in [-0.3, -0.25) is 14.8 Å². The van der Waals surface area contributed by atoms with Gasteiger partial charge >= 0.3 is 0 Å². The smallest absolute Gasteiger partial charge is 0.119 e. The monoisotopic (exact) mass is 479 g/mol. The quantitative estimate of drug-likeness (QED) is 0.559. The van der Waals surface area contributed by atoms with E-state index in [1.165, 1.54) is 25.7 Å². The van der Waals surface area contributed by atoms with Crippen molar-refractivity contribution >= 4 is 10.9 Å². The highest BCUT2D eigenvalue weighted by Crippen LogP contribution is 2.42. The first-order valence-corrected chi connectivity index (χ1v) is 13.3. The molecular formula is C30H45N3O2. The fourth-order valence-corrected chi connectivity index (χ4v) is 6.55. The van der Waals surface area contributed by atoms with Crippen LogP contribution in [0.4, 0.5) is 0 Å². The Labute approximate surface area is 212 Å². The zero-order chi connectivity index (χ0) is 25.4. The van der Waals surface area contributed by atoms with Crippen LogP contribution in [0.3, 0.4) is 0 Å². The molecule has 5 heterocycles. The molecule has 0 aliphatic carbocycles. The predicted molar refractivity (Wildman–Crippen MR) is 145 cm³/mol. The lowest BCUT2D eigenvalue weighted by Gasteiger charge is -2.50. The van der Waals surface area contributed by atoms with E-state index in [9.17, 15) is 5.11 Å². The van der Waals surface area contributed by atoms with E-state index in [-0.39, 0.29) is 6.04 Å². The number of ether oxygens (including phenoxy) is 1. The summed E-state index contributed by atoms with van der Waals surface area (Å²) < 4.78 is 5.35. The molecule has 192 valence electrons. The second-order valence-corrected chi connectivity index (χ2v) is 12.0. The van der Waals surface area contributed by atoms with Crippen molar-refractivity contribution in [3.8, 4) is 5.75 Å². The summed E-state index contributed by atoms with van der Waals surface area (Å²) in [4.78, 5) is 9.38. The van der Waals surface area contributed by atoms with Crippen molar-refractivity contribution in [2.24, 2.45) is 11.8 Å². The van der Waals surface area contributed by atoms with E-state index in [1.807, 2.05) is 24.3 Å². The van der Waals surface area contributed by atoms with Crippen molar-refractivity contribution in [2.75, 3.05) is 27.2 Å². The summed E-state index contributed by atoms with van der Waals surface area (Å²) in [6.07, 6.45) is 9.68. The van der Waals surface area contributed by atoms with Crippen molar-refractivity contribution in [1.82, 2.24) is 14.8 Å². The number of likely N-dealkylation sites (tertiary alicyclic amines) is 1. The highest BCUT2D eigenvalue weighted by atomic mass is 16.5. The molecule has 2 bridgehead atoms. The number of pyridine rings is 1. The molecule has 0 radical (unpaired) electrons. The Morgan fingerprint density at radius 3 is 2.46 bits per heavy atom. The third-order valence-corrected chi connectivity index (χ3v) is 9.21. The lowest BCUT2D eigenvalue weighted by molar-refractivity contribution is -0.0444. The van der Waals surface area contributed by atoms with Crippen LogP contribution in [0.5, 0.6) is 5.75 Å². The minimum atomic E-state index is -0.504. The van der Waals surface area contributed by atoms with Crippen molar-refractivity contribution in [3.05, 3.63) is 48.7 Å². The number of fused-ring (bicyclic) bond motifs is 4. The fourth-order valence-electron chi connectivity index (χ4n) is 6.55. The van der Waals surface area contributed by atoms with Gasteiger partial charge in [-0.05, 0) is 115 Å². The number of benzene rings is 1. The Kier molecular flexibility index (Phi) is 7.61. The van der Waals surface area contributed by atoms with Gasteiger partial charge < -0.3 is 9.84 Å². The van der Waals surface area contributed by atoms with Gasteiger partial charge in [0, 0.05) is 35.2 Å². The van der Waals surface area contributed by atoms with Crippen LogP contribution in [0.25, 0.3) is 10.9 Å². The molecule has 4 unspecified atom stereocenters. The van der Waals surface area contributed by atoms with Gasteiger partial charge in [0.15, 0.2) is 0 Å². The summed E-state index contributed by atoms with van der Waals surface area (Å²) in [6, 6.07) is 7.96. The Bertz CT molecular complexity index is 1020. The molecule has 0 amide bonds. The van der Waals surface area contributed by atoms with E-state index < -0.39 is 6.10 Å². The van der Waals surface area contributed by atoms with Crippen LogP contribution in [0.15, 0.2) is 43.1 Å². The van der Waals surface area contributed by atoms with E-state index in [0.717, 1.165) is 41.7 Å². The van der Waals surface area contributed by atoms with Crippen LogP contribution in [0, 0.1) is 11.8 Å². The number of piperidine rings is 4. The lowest BCUT2D eigenvalue weighted by Crippen LogP contribution is -2.56. The van der Waals surface area contributed by atoms with Gasteiger partial charge in [0.2, 0.25) is 0 Å². The number of methoxy groups -OCH3 is 1. The molecular weight excluding hydrogens is 434 g/mol. The molecule has 4 fully saturated rings. The molecule has 4 saturated heterocycles. The van der Waals surface area contributed by atoms with Crippen LogP contribution < -0.4 is 4.74 Å². The minimum Gasteiger partial charge on any atom is -0.497 e. The molecule has 4 aliphatic heterocycles. The Hall–Kier alpha value is -1.95. The molecule has 0 spiro atoms. The topological polar surface area (TPSA) is 48.8 Å². The van der Waals surface area contributed by atoms with Crippen molar-refractivity contribution in [2.45, 2.75) is 83.0 Å². The van der Waals surface area contributed by atoms with E-state index in [4.69, 9.17) is 4.74 Å². The molecule has 35 heavy (non-hydrogen) atoms. The fraction of sp³-hybridized carbons (Fsp3) is 0.633. The van der Waals surface area contributed by atoms with E-state index >= 15 is 0 Å². The van der Waals surface area contributed by atoms with Crippen LogP contribution in [0.1, 0.15) is 71.5 Å². The number of aliphatic hydroxyl groups excluding tert-OH is 1. The predicted octanol–water partition coefficient (Wildman–Crippen LogP) is 5.83. The number of aromatic nitrogens is 1. The maximum atomic E-state index is 11.2. The number of hydrogen-bond acceptors (Lipinski definition) is 5. The maximum absolute atomic E-state index is 11.2. The molecule has 1 aromatic carbocycles. The third-order valence-electron chi connectivity index (χ3n) is 9.21. The highest BCUT2D eigenvalue weighted by molar-refractivity contribution is 5.83. The summed E-state index contributed by atoms with van der Waals surface area (Å²) in [6.45, 7) is 15.4. The lowest BCUT2D eigenvalue weighted by atomic mass is 9.73. The van der Waals surface area contributed by atoms with Crippen LogP contribution in [-0.2, 0) is 0 Å². The first-order chi connectivity index (χ1) is 16.6. The molecule has 1 N–H and O–H groups in total. The van der Waals surface area contributed by atoms with E-state index in [0.29, 0.717) is 22.9 Å². The van der Waals surface area contributed by atoms with Gasteiger partial charge in [-0.2, -0.15) is 0 Å². The van der Waals surface area contributed by atoms with Crippen molar-refractivity contribution in [3.63, 3.8) is 0 Å². The molecule has 0 saturated carbocycles. The van der Waals surface area contributed by atoms with E-state index in [1.54, 1.807) is 13.3 Å². The average Bonchev–Trinajstić information content (AvgIpc) is 2.86. The largest absolute Gasteiger partial charge is 0.497 e. The minimum absolute atomic E-state index is 0.178. The van der Waals surface area contributed by atoms with Gasteiger partial charge in [0.05, 0.1) is 18.7 Å². The number of rotatable bonds is 4. The van der Waals surface area contributed by atoms with Crippen LogP contribution in [0.2, 0.25) is 0 Å².